The fourth-order valence-electron chi connectivity index (χ4n) is 1.36. The molecule has 0 atom stereocenters. The summed E-state index contributed by atoms with van der Waals surface area (Å²) >= 11 is 1.64. The third-order valence-corrected chi connectivity index (χ3v) is 2.62. The average molecular weight is 213 g/mol. The zero-order chi connectivity index (χ0) is 10.4. The summed E-state index contributed by atoms with van der Waals surface area (Å²) in [5.41, 5.74) is 1.20. The van der Waals surface area contributed by atoms with Gasteiger partial charge < -0.3 is 5.11 Å². The van der Waals surface area contributed by atoms with Crippen molar-refractivity contribution in [1.82, 2.24) is 4.90 Å². The Balaban J connectivity index is 2.46. The van der Waals surface area contributed by atoms with Gasteiger partial charge in [-0.2, -0.15) is 11.3 Å². The van der Waals surface area contributed by atoms with Crippen molar-refractivity contribution in [2.24, 2.45) is 0 Å². The van der Waals surface area contributed by atoms with Gasteiger partial charge in [0.25, 0.3) is 0 Å². The van der Waals surface area contributed by atoms with Gasteiger partial charge in [-0.15, -0.1) is 0 Å². The molecule has 0 spiro atoms. The lowest BCUT2D eigenvalue weighted by Gasteiger charge is -2.18. The highest BCUT2D eigenvalue weighted by Gasteiger charge is 2.08. The first-order valence-electron chi connectivity index (χ1n) is 4.67. The minimum absolute atomic E-state index is 0.129. The van der Waals surface area contributed by atoms with E-state index in [0.717, 1.165) is 19.5 Å². The van der Waals surface area contributed by atoms with Gasteiger partial charge in [-0.05, 0) is 35.4 Å². The Labute approximate surface area is 88.0 Å². The van der Waals surface area contributed by atoms with Crippen molar-refractivity contribution in [3.63, 3.8) is 0 Å². The number of hydrogen-bond acceptors (Lipinski definition) is 3. The van der Waals surface area contributed by atoms with Gasteiger partial charge in [0.15, 0.2) is 0 Å². The highest BCUT2D eigenvalue weighted by molar-refractivity contribution is 7.07. The molecule has 0 aromatic carbocycles. The third-order valence-electron chi connectivity index (χ3n) is 1.88. The van der Waals surface area contributed by atoms with Crippen LogP contribution in [0.1, 0.15) is 18.9 Å². The molecule has 1 N–H and O–H groups in total. The van der Waals surface area contributed by atoms with Crippen LogP contribution >= 0.6 is 11.3 Å². The summed E-state index contributed by atoms with van der Waals surface area (Å²) < 4.78 is 0. The van der Waals surface area contributed by atoms with Crippen LogP contribution in [0.2, 0.25) is 0 Å². The van der Waals surface area contributed by atoms with E-state index in [-0.39, 0.29) is 6.54 Å². The highest BCUT2D eigenvalue weighted by Crippen LogP contribution is 2.09. The number of carboxylic acid groups (broad SMARTS) is 1. The van der Waals surface area contributed by atoms with Crippen molar-refractivity contribution in [3.05, 3.63) is 22.4 Å². The number of aliphatic carboxylic acids is 1. The normalized spacial score (nSPS) is 10.7. The lowest BCUT2D eigenvalue weighted by molar-refractivity contribution is -0.138. The minimum Gasteiger partial charge on any atom is -0.480 e. The monoisotopic (exact) mass is 213 g/mol. The van der Waals surface area contributed by atoms with Crippen molar-refractivity contribution in [1.29, 1.82) is 0 Å². The summed E-state index contributed by atoms with van der Waals surface area (Å²) in [6.45, 7) is 3.76. The highest BCUT2D eigenvalue weighted by atomic mass is 32.1. The predicted molar refractivity (Wildman–Crippen MR) is 57.5 cm³/mol. The number of nitrogens with zero attached hydrogens (tertiary/aromatic N) is 1. The maximum absolute atomic E-state index is 10.6. The second-order valence-electron chi connectivity index (χ2n) is 3.24. The molecule has 3 nitrogen and oxygen atoms in total. The summed E-state index contributed by atoms with van der Waals surface area (Å²) in [5, 5.41) is 12.8. The van der Waals surface area contributed by atoms with Gasteiger partial charge in [-0.1, -0.05) is 6.92 Å². The van der Waals surface area contributed by atoms with Crippen molar-refractivity contribution in [2.45, 2.75) is 19.9 Å². The van der Waals surface area contributed by atoms with E-state index < -0.39 is 5.97 Å². The summed E-state index contributed by atoms with van der Waals surface area (Å²) in [6, 6.07) is 2.04. The fourth-order valence-corrected chi connectivity index (χ4v) is 2.02. The van der Waals surface area contributed by atoms with Crippen LogP contribution < -0.4 is 0 Å². The molecule has 0 saturated heterocycles. The topological polar surface area (TPSA) is 40.5 Å². The Hall–Kier alpha value is -0.870. The molecular formula is C10H15NO2S. The second kappa shape index (κ2) is 5.78. The fraction of sp³-hybridized carbons (Fsp3) is 0.500. The molecule has 4 heteroatoms. The zero-order valence-electron chi connectivity index (χ0n) is 8.27. The third kappa shape index (κ3) is 3.89. The van der Waals surface area contributed by atoms with E-state index in [1.165, 1.54) is 5.56 Å². The molecule has 1 rings (SSSR count). The predicted octanol–water partition coefficient (Wildman–Crippen LogP) is 2.04. The SMILES string of the molecule is CCCN(CC(=O)O)Cc1ccsc1. The van der Waals surface area contributed by atoms with Gasteiger partial charge in [0.2, 0.25) is 0 Å². The molecule has 0 unspecified atom stereocenters. The lowest BCUT2D eigenvalue weighted by atomic mass is 10.3. The first-order valence-corrected chi connectivity index (χ1v) is 5.62. The van der Waals surface area contributed by atoms with Crippen molar-refractivity contribution >= 4 is 17.3 Å². The Morgan fingerprint density at radius 1 is 1.64 bits per heavy atom. The number of carbonyl (C=O) groups is 1. The molecule has 0 fully saturated rings. The van der Waals surface area contributed by atoms with E-state index in [0.29, 0.717) is 0 Å². The van der Waals surface area contributed by atoms with Gasteiger partial charge in [-0.25, -0.2) is 0 Å². The molecule has 0 radical (unpaired) electrons. The molecule has 1 aromatic rings. The quantitative estimate of drug-likeness (QED) is 0.786. The molecular weight excluding hydrogens is 198 g/mol. The van der Waals surface area contributed by atoms with Crippen molar-refractivity contribution in [2.75, 3.05) is 13.1 Å². The first kappa shape index (κ1) is 11.2. The number of carboxylic acids is 1. The molecule has 0 aliphatic carbocycles. The van der Waals surface area contributed by atoms with Crippen LogP contribution in [0.4, 0.5) is 0 Å². The van der Waals surface area contributed by atoms with E-state index in [4.69, 9.17) is 5.11 Å². The number of rotatable bonds is 6. The first-order chi connectivity index (χ1) is 6.72. The molecule has 14 heavy (non-hydrogen) atoms. The molecule has 0 saturated carbocycles. The van der Waals surface area contributed by atoms with Crippen LogP contribution in [-0.4, -0.2) is 29.1 Å². The summed E-state index contributed by atoms with van der Waals surface area (Å²) in [4.78, 5) is 12.5. The molecule has 1 heterocycles. The average Bonchev–Trinajstić information content (AvgIpc) is 2.56. The van der Waals surface area contributed by atoms with Crippen molar-refractivity contribution in [3.8, 4) is 0 Å². The molecule has 78 valence electrons. The van der Waals surface area contributed by atoms with E-state index in [2.05, 4.69) is 12.3 Å². The van der Waals surface area contributed by atoms with E-state index in [1.54, 1.807) is 11.3 Å². The van der Waals surface area contributed by atoms with Gasteiger partial charge in [0.05, 0.1) is 6.54 Å². The summed E-state index contributed by atoms with van der Waals surface area (Å²) in [6.07, 6.45) is 0.984. The van der Waals surface area contributed by atoms with E-state index in [9.17, 15) is 4.79 Å². The van der Waals surface area contributed by atoms with Crippen LogP contribution in [0.25, 0.3) is 0 Å². The van der Waals surface area contributed by atoms with Crippen LogP contribution in [-0.2, 0) is 11.3 Å². The smallest absolute Gasteiger partial charge is 0.317 e. The van der Waals surface area contributed by atoms with Crippen LogP contribution in [0, 0.1) is 0 Å². The molecule has 1 aromatic heterocycles. The molecule has 0 amide bonds. The largest absolute Gasteiger partial charge is 0.480 e. The van der Waals surface area contributed by atoms with Crippen LogP contribution in [0.3, 0.4) is 0 Å². The van der Waals surface area contributed by atoms with Gasteiger partial charge in [0, 0.05) is 6.54 Å². The Morgan fingerprint density at radius 3 is 2.93 bits per heavy atom. The van der Waals surface area contributed by atoms with E-state index >= 15 is 0 Å². The molecule has 0 aliphatic rings. The zero-order valence-corrected chi connectivity index (χ0v) is 9.09. The van der Waals surface area contributed by atoms with Gasteiger partial charge in [-0.3, -0.25) is 9.69 Å². The van der Waals surface area contributed by atoms with Crippen LogP contribution in [0.15, 0.2) is 16.8 Å². The summed E-state index contributed by atoms with van der Waals surface area (Å²) in [7, 11) is 0. The van der Waals surface area contributed by atoms with Crippen LogP contribution in [0.5, 0.6) is 0 Å². The Bertz CT molecular complexity index is 272. The van der Waals surface area contributed by atoms with Gasteiger partial charge in [0.1, 0.15) is 0 Å². The summed E-state index contributed by atoms with van der Waals surface area (Å²) in [5.74, 6) is -0.756. The van der Waals surface area contributed by atoms with E-state index in [1.807, 2.05) is 16.3 Å². The maximum Gasteiger partial charge on any atom is 0.317 e. The molecule has 0 aliphatic heterocycles. The van der Waals surface area contributed by atoms with Gasteiger partial charge >= 0.3 is 5.97 Å². The number of hydrogen-bond donors (Lipinski definition) is 1. The Kier molecular flexibility index (Phi) is 4.62. The second-order valence-corrected chi connectivity index (χ2v) is 4.02. The molecule has 0 bridgehead atoms. The Morgan fingerprint density at radius 2 is 2.43 bits per heavy atom. The number of thiophene rings is 1. The minimum atomic E-state index is -0.756. The maximum atomic E-state index is 10.6. The van der Waals surface area contributed by atoms with Crippen molar-refractivity contribution < 1.29 is 9.90 Å². The standard InChI is InChI=1S/C10H15NO2S/c1-2-4-11(7-10(12)13)6-9-3-5-14-8-9/h3,5,8H,2,4,6-7H2,1H3,(H,12,13). The lowest BCUT2D eigenvalue weighted by Crippen LogP contribution is -2.29.